The maximum absolute atomic E-state index is 13.1. The third-order valence-corrected chi connectivity index (χ3v) is 7.25. The van der Waals surface area contributed by atoms with Crippen molar-refractivity contribution in [3.05, 3.63) is 108 Å². The summed E-state index contributed by atoms with van der Waals surface area (Å²) in [6, 6.07) is 20.2. The van der Waals surface area contributed by atoms with Crippen LogP contribution in [-0.4, -0.2) is 42.8 Å². The van der Waals surface area contributed by atoms with Gasteiger partial charge in [0.2, 0.25) is 0 Å². The van der Waals surface area contributed by atoms with E-state index < -0.39 is 0 Å². The van der Waals surface area contributed by atoms with E-state index in [0.717, 1.165) is 29.5 Å². The number of nitrogens with one attached hydrogen (secondary N) is 1. The molecule has 6 rings (SSSR count). The fraction of sp³-hybridized carbons (Fsp3) is 0.194. The number of nitrogens with two attached hydrogens (primary N) is 1. The highest BCUT2D eigenvalue weighted by molar-refractivity contribution is 6.05. The average Bonchev–Trinajstić information content (AvgIpc) is 3.63. The van der Waals surface area contributed by atoms with Crippen molar-refractivity contribution in [1.29, 1.82) is 0 Å². The van der Waals surface area contributed by atoms with Crippen LogP contribution in [-0.2, 0) is 11.3 Å². The summed E-state index contributed by atoms with van der Waals surface area (Å²) in [4.78, 5) is 41.3. The van der Waals surface area contributed by atoms with Crippen LogP contribution in [0.15, 0.2) is 85.3 Å². The number of anilines is 2. The maximum atomic E-state index is 13.1. The Balaban J connectivity index is 1.30. The lowest BCUT2D eigenvalue weighted by molar-refractivity contribution is 0.0907. The topological polar surface area (TPSA) is 128 Å². The minimum absolute atomic E-state index is 0.201. The molecule has 0 radical (unpaired) electrons. The van der Waals surface area contributed by atoms with Crippen molar-refractivity contribution in [3.8, 4) is 11.3 Å². The Morgan fingerprint density at radius 3 is 2.66 bits per heavy atom. The fourth-order valence-corrected chi connectivity index (χ4v) is 5.27. The van der Waals surface area contributed by atoms with Crippen LogP contribution >= 0.6 is 0 Å². The normalized spacial score (nSPS) is 14.8. The van der Waals surface area contributed by atoms with Crippen molar-refractivity contribution >= 4 is 29.2 Å². The van der Waals surface area contributed by atoms with Gasteiger partial charge >= 0.3 is 6.09 Å². The van der Waals surface area contributed by atoms with Gasteiger partial charge in [-0.2, -0.15) is 0 Å². The van der Waals surface area contributed by atoms with Crippen LogP contribution in [0.3, 0.4) is 0 Å². The summed E-state index contributed by atoms with van der Waals surface area (Å²) >= 11 is 0. The number of pyridine rings is 1. The summed E-state index contributed by atoms with van der Waals surface area (Å²) in [6.07, 6.45) is 6.25. The molecule has 10 heteroatoms. The Hall–Kier alpha value is -5.25. The van der Waals surface area contributed by atoms with Crippen LogP contribution in [0.25, 0.3) is 16.8 Å². The number of carbonyl (C=O) groups excluding carboxylic acids is 2. The van der Waals surface area contributed by atoms with Gasteiger partial charge in [-0.15, -0.1) is 0 Å². The van der Waals surface area contributed by atoms with Gasteiger partial charge in [-0.1, -0.05) is 42.5 Å². The zero-order valence-corrected chi connectivity index (χ0v) is 22.5. The van der Waals surface area contributed by atoms with Crippen molar-refractivity contribution in [2.24, 2.45) is 0 Å². The number of fused-ring (bicyclic) bond motifs is 1. The Labute approximate surface area is 236 Å². The summed E-state index contributed by atoms with van der Waals surface area (Å²) < 4.78 is 7.56. The van der Waals surface area contributed by atoms with E-state index in [4.69, 9.17) is 15.5 Å². The zero-order chi connectivity index (χ0) is 28.3. The summed E-state index contributed by atoms with van der Waals surface area (Å²) in [5.41, 5.74) is 10.7. The molecule has 206 valence electrons. The molecule has 0 aliphatic carbocycles. The number of carbonyl (C=O) groups is 2. The quantitative estimate of drug-likeness (QED) is 0.291. The van der Waals surface area contributed by atoms with Gasteiger partial charge in [-0.25, -0.2) is 19.7 Å². The van der Waals surface area contributed by atoms with E-state index in [0.29, 0.717) is 40.8 Å². The number of ether oxygens (including phenoxy) is 1. The van der Waals surface area contributed by atoms with E-state index in [2.05, 4.69) is 15.3 Å². The molecule has 10 nitrogen and oxygen atoms in total. The molecular formula is C31H29N7O3. The van der Waals surface area contributed by atoms with E-state index in [-0.39, 0.29) is 24.6 Å². The number of rotatable bonds is 6. The van der Waals surface area contributed by atoms with Gasteiger partial charge in [0.1, 0.15) is 35.3 Å². The highest BCUT2D eigenvalue weighted by Crippen LogP contribution is 2.37. The van der Waals surface area contributed by atoms with E-state index in [1.54, 1.807) is 35.5 Å². The third kappa shape index (κ3) is 5.19. The minimum atomic E-state index is -0.379. The molecule has 2 amide bonds. The van der Waals surface area contributed by atoms with E-state index >= 15 is 0 Å². The first kappa shape index (κ1) is 26.0. The predicted molar refractivity (Wildman–Crippen MR) is 155 cm³/mol. The fourth-order valence-electron chi connectivity index (χ4n) is 5.27. The lowest BCUT2D eigenvalue weighted by Gasteiger charge is -2.23. The molecule has 1 fully saturated rings. The molecular weight excluding hydrogens is 518 g/mol. The molecule has 5 aromatic rings. The molecule has 4 heterocycles. The SMILES string of the molecule is Cc1cc(-c2nc([C@@H]3CCCN3C(=O)OCc3ccccc3)n3ccnc(N)c23)ccc1C(=O)Nc1ccccn1. The Morgan fingerprint density at radius 2 is 1.88 bits per heavy atom. The lowest BCUT2D eigenvalue weighted by atomic mass is 10.0. The summed E-state index contributed by atoms with van der Waals surface area (Å²) in [6.45, 7) is 2.65. The number of amides is 2. The van der Waals surface area contributed by atoms with Crippen LogP contribution in [0.4, 0.5) is 16.4 Å². The molecule has 3 aromatic heterocycles. The van der Waals surface area contributed by atoms with E-state index in [9.17, 15) is 9.59 Å². The van der Waals surface area contributed by atoms with Gasteiger partial charge in [0.05, 0.1) is 6.04 Å². The number of hydrogen-bond acceptors (Lipinski definition) is 7. The molecule has 1 aliphatic rings. The number of nitrogens with zero attached hydrogens (tertiary/aromatic N) is 5. The standard InChI is InChI=1S/C31H29N7O3/c1-20-18-22(12-13-23(20)30(39)35-25-11-5-6-14-33-25)26-27-28(32)34-15-17-38(27)29(36-26)24-10-7-16-37(24)31(40)41-19-21-8-3-2-4-9-21/h2-6,8-9,11-15,17-18,24H,7,10,16,19H2,1H3,(H2,32,34)(H,33,35,39)/t24-/m0/s1. The number of nitrogen functional groups attached to an aromatic ring is 1. The van der Waals surface area contributed by atoms with Crippen LogP contribution in [0.5, 0.6) is 0 Å². The van der Waals surface area contributed by atoms with Gasteiger partial charge in [0, 0.05) is 36.3 Å². The number of aryl methyl sites for hydroxylation is 1. The van der Waals surface area contributed by atoms with Crippen molar-refractivity contribution < 1.29 is 14.3 Å². The van der Waals surface area contributed by atoms with Crippen LogP contribution in [0, 0.1) is 6.92 Å². The van der Waals surface area contributed by atoms with Gasteiger partial charge in [0.25, 0.3) is 5.91 Å². The number of imidazole rings is 1. The molecule has 3 N–H and O–H groups in total. The van der Waals surface area contributed by atoms with E-state index in [1.807, 2.05) is 66.1 Å². The monoisotopic (exact) mass is 547 g/mol. The molecule has 41 heavy (non-hydrogen) atoms. The van der Waals surface area contributed by atoms with Crippen molar-refractivity contribution in [2.45, 2.75) is 32.4 Å². The molecule has 0 unspecified atom stereocenters. The maximum Gasteiger partial charge on any atom is 0.410 e. The molecule has 1 aliphatic heterocycles. The number of aromatic nitrogens is 4. The number of benzene rings is 2. The predicted octanol–water partition coefficient (Wildman–Crippen LogP) is 5.41. The molecule has 0 bridgehead atoms. The Kier molecular flexibility index (Phi) is 7.03. The minimum Gasteiger partial charge on any atom is -0.445 e. The second kappa shape index (κ2) is 11.1. The first-order valence-electron chi connectivity index (χ1n) is 13.4. The van der Waals surface area contributed by atoms with E-state index in [1.165, 1.54) is 0 Å². The number of likely N-dealkylation sites (tertiary alicyclic amines) is 1. The largest absolute Gasteiger partial charge is 0.445 e. The smallest absolute Gasteiger partial charge is 0.410 e. The van der Waals surface area contributed by atoms with Gasteiger partial charge in [0.15, 0.2) is 0 Å². The molecule has 0 spiro atoms. The second-order valence-electron chi connectivity index (χ2n) is 9.94. The first-order chi connectivity index (χ1) is 20.0. The molecule has 1 atom stereocenters. The average molecular weight is 548 g/mol. The highest BCUT2D eigenvalue weighted by Gasteiger charge is 2.35. The summed E-state index contributed by atoms with van der Waals surface area (Å²) in [7, 11) is 0. The second-order valence-corrected chi connectivity index (χ2v) is 9.94. The van der Waals surface area contributed by atoms with Crippen molar-refractivity contribution in [1.82, 2.24) is 24.3 Å². The van der Waals surface area contributed by atoms with Crippen LogP contribution in [0.2, 0.25) is 0 Å². The number of hydrogen-bond donors (Lipinski definition) is 2. The molecule has 2 aromatic carbocycles. The van der Waals surface area contributed by atoms with Crippen molar-refractivity contribution in [2.75, 3.05) is 17.6 Å². The van der Waals surface area contributed by atoms with Gasteiger partial charge in [-0.3, -0.25) is 14.1 Å². The summed E-state index contributed by atoms with van der Waals surface area (Å²) in [5, 5.41) is 2.83. The Bertz CT molecular complexity index is 1720. The van der Waals surface area contributed by atoms with Gasteiger partial charge in [-0.05, 0) is 55.2 Å². The van der Waals surface area contributed by atoms with Crippen LogP contribution in [0.1, 0.15) is 46.2 Å². The third-order valence-electron chi connectivity index (χ3n) is 7.25. The van der Waals surface area contributed by atoms with Crippen molar-refractivity contribution in [3.63, 3.8) is 0 Å². The first-order valence-corrected chi connectivity index (χ1v) is 13.4. The molecule has 0 saturated carbocycles. The zero-order valence-electron chi connectivity index (χ0n) is 22.5. The van der Waals surface area contributed by atoms with Crippen LogP contribution < -0.4 is 11.1 Å². The summed E-state index contributed by atoms with van der Waals surface area (Å²) in [5.74, 6) is 1.24. The lowest BCUT2D eigenvalue weighted by Crippen LogP contribution is -2.32. The highest BCUT2D eigenvalue weighted by atomic mass is 16.6. The molecule has 1 saturated heterocycles. The van der Waals surface area contributed by atoms with Gasteiger partial charge < -0.3 is 15.8 Å². The Morgan fingerprint density at radius 1 is 1.05 bits per heavy atom.